The van der Waals surface area contributed by atoms with E-state index in [9.17, 15) is 13.6 Å². The van der Waals surface area contributed by atoms with Crippen LogP contribution in [0.5, 0.6) is 0 Å². The van der Waals surface area contributed by atoms with Gasteiger partial charge >= 0.3 is 0 Å². The van der Waals surface area contributed by atoms with Crippen molar-refractivity contribution in [2.45, 2.75) is 12.8 Å². The number of nitrogens with one attached hydrogen (secondary N) is 1. The lowest BCUT2D eigenvalue weighted by Gasteiger charge is -2.22. The molecule has 1 atom stereocenters. The number of hydrogen-bond donors (Lipinski definition) is 1. The molecule has 0 spiro atoms. The number of rotatable bonds is 3. The van der Waals surface area contributed by atoms with E-state index in [-0.39, 0.29) is 11.6 Å². The fourth-order valence-electron chi connectivity index (χ4n) is 1.87. The van der Waals surface area contributed by atoms with Gasteiger partial charge in [-0.05, 0) is 18.8 Å². The molecule has 1 aliphatic heterocycles. The lowest BCUT2D eigenvalue weighted by molar-refractivity contribution is 0.0535. The molecule has 0 bridgehead atoms. The fourth-order valence-corrected chi connectivity index (χ4v) is 1.87. The number of halogens is 2. The van der Waals surface area contributed by atoms with Gasteiger partial charge in [0.25, 0.3) is 5.91 Å². The van der Waals surface area contributed by atoms with Crippen LogP contribution in [-0.4, -0.2) is 30.6 Å². The summed E-state index contributed by atoms with van der Waals surface area (Å²) in [6.45, 7) is 1.76. The molecule has 1 aliphatic rings. The van der Waals surface area contributed by atoms with E-state index in [0.717, 1.165) is 25.6 Å². The third kappa shape index (κ3) is 3.22. The van der Waals surface area contributed by atoms with Crippen LogP contribution in [0.3, 0.4) is 0 Å². The Morgan fingerprint density at radius 2 is 2.39 bits per heavy atom. The first-order valence-electron chi connectivity index (χ1n) is 5.84. The number of pyridine rings is 1. The van der Waals surface area contributed by atoms with Crippen LogP contribution in [0, 0.1) is 17.6 Å². The second-order valence-corrected chi connectivity index (χ2v) is 4.28. The number of nitrogens with zero attached hydrogens (tertiary/aromatic N) is 1. The minimum atomic E-state index is -0.951. The van der Waals surface area contributed by atoms with Crippen molar-refractivity contribution in [3.05, 3.63) is 29.6 Å². The summed E-state index contributed by atoms with van der Waals surface area (Å²) in [5, 5.41) is 2.59. The standard InChI is InChI=1S/C12H14F2N2O2/c13-9-4-10(14)11(15-6-9)12(17)16-5-8-2-1-3-18-7-8/h4,6,8H,1-3,5,7H2,(H,16,17)/t8-/m1/s1. The predicted molar refractivity (Wildman–Crippen MR) is 60.0 cm³/mol. The van der Waals surface area contributed by atoms with Gasteiger partial charge in [-0.3, -0.25) is 4.79 Å². The largest absolute Gasteiger partial charge is 0.381 e. The summed E-state index contributed by atoms with van der Waals surface area (Å²) in [6, 6.07) is 0.644. The Kier molecular flexibility index (Phi) is 4.19. The quantitative estimate of drug-likeness (QED) is 0.892. The Bertz CT molecular complexity index is 434. The summed E-state index contributed by atoms with van der Waals surface area (Å²) in [4.78, 5) is 15.1. The maximum Gasteiger partial charge on any atom is 0.272 e. The van der Waals surface area contributed by atoms with Gasteiger partial charge < -0.3 is 10.1 Å². The van der Waals surface area contributed by atoms with Gasteiger partial charge in [0.15, 0.2) is 11.5 Å². The van der Waals surface area contributed by atoms with Gasteiger partial charge in [-0.2, -0.15) is 0 Å². The molecule has 2 rings (SSSR count). The van der Waals surface area contributed by atoms with Crippen LogP contribution in [0.4, 0.5) is 8.78 Å². The lowest BCUT2D eigenvalue weighted by atomic mass is 10.0. The van der Waals surface area contributed by atoms with Gasteiger partial charge in [-0.1, -0.05) is 0 Å². The van der Waals surface area contributed by atoms with E-state index in [1.54, 1.807) is 0 Å². The molecule has 0 aliphatic carbocycles. The van der Waals surface area contributed by atoms with Crippen molar-refractivity contribution in [3.8, 4) is 0 Å². The molecule has 1 aromatic heterocycles. The number of aromatic nitrogens is 1. The van der Waals surface area contributed by atoms with E-state index < -0.39 is 17.5 Å². The summed E-state index contributed by atoms with van der Waals surface area (Å²) in [5.41, 5.74) is -0.381. The van der Waals surface area contributed by atoms with Crippen molar-refractivity contribution < 1.29 is 18.3 Å². The van der Waals surface area contributed by atoms with Gasteiger partial charge in [-0.25, -0.2) is 13.8 Å². The Morgan fingerprint density at radius 3 is 3.06 bits per heavy atom. The van der Waals surface area contributed by atoms with Crippen LogP contribution in [0.25, 0.3) is 0 Å². The molecule has 18 heavy (non-hydrogen) atoms. The minimum absolute atomic E-state index is 0.242. The molecular weight excluding hydrogens is 242 g/mol. The number of ether oxygens (including phenoxy) is 1. The van der Waals surface area contributed by atoms with Crippen molar-refractivity contribution in [2.24, 2.45) is 5.92 Å². The number of carbonyl (C=O) groups is 1. The van der Waals surface area contributed by atoms with E-state index in [1.165, 1.54) is 0 Å². The van der Waals surface area contributed by atoms with E-state index in [4.69, 9.17) is 4.74 Å². The average Bonchev–Trinajstić information content (AvgIpc) is 2.37. The Hall–Kier alpha value is -1.56. The van der Waals surface area contributed by atoms with Crippen molar-refractivity contribution in [2.75, 3.05) is 19.8 Å². The molecule has 1 amide bonds. The highest BCUT2D eigenvalue weighted by atomic mass is 19.1. The van der Waals surface area contributed by atoms with Crippen molar-refractivity contribution >= 4 is 5.91 Å². The Morgan fingerprint density at radius 1 is 1.56 bits per heavy atom. The molecule has 0 unspecified atom stereocenters. The second kappa shape index (κ2) is 5.86. The first-order valence-corrected chi connectivity index (χ1v) is 5.84. The highest BCUT2D eigenvalue weighted by Gasteiger charge is 2.18. The third-order valence-corrected chi connectivity index (χ3v) is 2.83. The Labute approximate surface area is 103 Å². The van der Waals surface area contributed by atoms with Crippen LogP contribution in [0.1, 0.15) is 23.3 Å². The summed E-state index contributed by atoms with van der Waals surface area (Å²) < 4.78 is 31.2. The van der Waals surface area contributed by atoms with E-state index >= 15 is 0 Å². The van der Waals surface area contributed by atoms with Gasteiger partial charge in [0.05, 0.1) is 12.8 Å². The van der Waals surface area contributed by atoms with Crippen molar-refractivity contribution in [1.29, 1.82) is 0 Å². The van der Waals surface area contributed by atoms with Crippen molar-refractivity contribution in [1.82, 2.24) is 10.3 Å². The smallest absolute Gasteiger partial charge is 0.272 e. The monoisotopic (exact) mass is 256 g/mol. The number of hydrogen-bond acceptors (Lipinski definition) is 3. The molecule has 6 heteroatoms. The topological polar surface area (TPSA) is 51.2 Å². The third-order valence-electron chi connectivity index (χ3n) is 2.83. The molecule has 98 valence electrons. The molecule has 0 aromatic carbocycles. The van der Waals surface area contributed by atoms with Crippen LogP contribution in [0.15, 0.2) is 12.3 Å². The molecule has 1 fully saturated rings. The Balaban J connectivity index is 1.90. The molecule has 0 saturated carbocycles. The van der Waals surface area contributed by atoms with Crippen molar-refractivity contribution in [3.63, 3.8) is 0 Å². The lowest BCUT2D eigenvalue weighted by Crippen LogP contribution is -2.34. The summed E-state index contributed by atoms with van der Waals surface area (Å²) in [7, 11) is 0. The number of amides is 1. The van der Waals surface area contributed by atoms with Crippen LogP contribution >= 0.6 is 0 Å². The zero-order valence-corrected chi connectivity index (χ0v) is 9.79. The van der Waals surface area contributed by atoms with Crippen LogP contribution in [-0.2, 0) is 4.74 Å². The van der Waals surface area contributed by atoms with E-state index in [0.29, 0.717) is 19.2 Å². The maximum atomic E-state index is 13.3. The van der Waals surface area contributed by atoms with Gasteiger partial charge in [-0.15, -0.1) is 0 Å². The zero-order chi connectivity index (χ0) is 13.0. The highest BCUT2D eigenvalue weighted by Crippen LogP contribution is 2.12. The first-order chi connectivity index (χ1) is 8.66. The summed E-state index contributed by atoms with van der Waals surface area (Å²) in [5.74, 6) is -2.14. The second-order valence-electron chi connectivity index (χ2n) is 4.28. The molecule has 4 nitrogen and oxygen atoms in total. The molecule has 1 aromatic rings. The zero-order valence-electron chi connectivity index (χ0n) is 9.79. The average molecular weight is 256 g/mol. The van der Waals surface area contributed by atoms with Crippen LogP contribution < -0.4 is 5.32 Å². The fraction of sp³-hybridized carbons (Fsp3) is 0.500. The molecule has 0 radical (unpaired) electrons. The van der Waals surface area contributed by atoms with Gasteiger partial charge in [0.1, 0.15) is 5.82 Å². The van der Waals surface area contributed by atoms with E-state index in [1.807, 2.05) is 0 Å². The molecule has 2 heterocycles. The summed E-state index contributed by atoms with van der Waals surface area (Å²) in [6.07, 6.45) is 2.75. The number of carbonyl (C=O) groups excluding carboxylic acids is 1. The van der Waals surface area contributed by atoms with Gasteiger partial charge in [0.2, 0.25) is 0 Å². The maximum absolute atomic E-state index is 13.3. The molecule has 1 N–H and O–H groups in total. The predicted octanol–water partition coefficient (Wildman–Crippen LogP) is 1.52. The SMILES string of the molecule is O=C(NC[C@H]1CCCOC1)c1ncc(F)cc1F. The molecule has 1 saturated heterocycles. The summed E-state index contributed by atoms with van der Waals surface area (Å²) >= 11 is 0. The van der Waals surface area contributed by atoms with E-state index in [2.05, 4.69) is 10.3 Å². The van der Waals surface area contributed by atoms with Gasteiger partial charge in [0, 0.05) is 19.2 Å². The normalized spacial score (nSPS) is 19.6. The first kappa shape index (κ1) is 12.9. The van der Waals surface area contributed by atoms with Crippen LogP contribution in [0.2, 0.25) is 0 Å². The highest BCUT2D eigenvalue weighted by molar-refractivity contribution is 5.92. The minimum Gasteiger partial charge on any atom is -0.381 e. The molecular formula is C12H14F2N2O2.